The van der Waals surface area contributed by atoms with Crippen molar-refractivity contribution in [1.82, 2.24) is 5.32 Å². The molecule has 5 N–H and O–H groups in total. The molecular formula is C18H24N2O6. The number of nitrogens with one attached hydrogen (secondary N) is 1. The summed E-state index contributed by atoms with van der Waals surface area (Å²) < 4.78 is 10.7. The highest BCUT2D eigenvalue weighted by Gasteiger charge is 2.34. The van der Waals surface area contributed by atoms with Crippen LogP contribution in [0.25, 0.3) is 0 Å². The zero-order chi connectivity index (χ0) is 19.3. The first-order valence-corrected chi connectivity index (χ1v) is 8.33. The lowest BCUT2D eigenvalue weighted by Crippen LogP contribution is -2.48. The van der Waals surface area contributed by atoms with Crippen molar-refractivity contribution in [3.63, 3.8) is 0 Å². The van der Waals surface area contributed by atoms with Crippen LogP contribution in [-0.4, -0.2) is 53.5 Å². The SMILES string of the molecule is CC[C@H](NC(=O)C1=C[C@@H](Oc2ccc(OC)cc2)[C@H](O)[C@H](O)C1)C(N)=O. The van der Waals surface area contributed by atoms with Crippen LogP contribution in [0.1, 0.15) is 19.8 Å². The van der Waals surface area contributed by atoms with Gasteiger partial charge >= 0.3 is 0 Å². The highest BCUT2D eigenvalue weighted by atomic mass is 16.5. The maximum atomic E-state index is 12.4. The van der Waals surface area contributed by atoms with Gasteiger partial charge in [-0.1, -0.05) is 6.92 Å². The molecule has 0 fully saturated rings. The number of primary amides is 1. The molecule has 0 heterocycles. The summed E-state index contributed by atoms with van der Waals surface area (Å²) in [6, 6.07) is 5.89. The molecule has 1 aromatic rings. The van der Waals surface area contributed by atoms with E-state index in [-0.39, 0.29) is 12.0 Å². The van der Waals surface area contributed by atoms with Crippen LogP contribution in [0.15, 0.2) is 35.9 Å². The number of nitrogens with two attached hydrogens (primary N) is 1. The van der Waals surface area contributed by atoms with Crippen LogP contribution < -0.4 is 20.5 Å². The first kappa shape index (κ1) is 19.7. The fourth-order valence-corrected chi connectivity index (χ4v) is 2.64. The smallest absolute Gasteiger partial charge is 0.247 e. The third-order valence-corrected chi connectivity index (χ3v) is 4.21. The molecule has 4 atom stereocenters. The topological polar surface area (TPSA) is 131 Å². The predicted octanol–water partition coefficient (Wildman–Crippen LogP) is -0.125. The number of rotatable bonds is 7. The molecule has 0 saturated heterocycles. The van der Waals surface area contributed by atoms with Crippen molar-refractivity contribution in [2.45, 2.75) is 44.1 Å². The number of methoxy groups -OCH3 is 1. The molecule has 8 nitrogen and oxygen atoms in total. The minimum absolute atomic E-state index is 0.0509. The highest BCUT2D eigenvalue weighted by Crippen LogP contribution is 2.25. The molecule has 1 aromatic carbocycles. The Balaban J connectivity index is 2.15. The fraction of sp³-hybridized carbons (Fsp3) is 0.444. The largest absolute Gasteiger partial charge is 0.497 e. The summed E-state index contributed by atoms with van der Waals surface area (Å²) in [6.45, 7) is 1.72. The Morgan fingerprint density at radius 3 is 2.42 bits per heavy atom. The molecule has 1 aliphatic carbocycles. The van der Waals surface area contributed by atoms with E-state index < -0.39 is 36.2 Å². The first-order valence-electron chi connectivity index (χ1n) is 8.33. The molecule has 142 valence electrons. The number of aliphatic hydroxyl groups excluding tert-OH is 2. The van der Waals surface area contributed by atoms with E-state index >= 15 is 0 Å². The van der Waals surface area contributed by atoms with E-state index in [0.717, 1.165) is 0 Å². The summed E-state index contributed by atoms with van der Waals surface area (Å²) in [4.78, 5) is 23.6. The zero-order valence-corrected chi connectivity index (χ0v) is 14.7. The van der Waals surface area contributed by atoms with E-state index in [0.29, 0.717) is 17.9 Å². The van der Waals surface area contributed by atoms with Gasteiger partial charge in [0, 0.05) is 12.0 Å². The Labute approximate surface area is 151 Å². The summed E-state index contributed by atoms with van der Waals surface area (Å²) in [5, 5.41) is 22.8. The van der Waals surface area contributed by atoms with Crippen molar-refractivity contribution in [2.75, 3.05) is 7.11 Å². The number of carbonyl (C=O) groups is 2. The Kier molecular flexibility index (Phi) is 6.59. The van der Waals surface area contributed by atoms with Crippen LogP contribution in [0, 0.1) is 0 Å². The normalized spacial score (nSPS) is 23.5. The molecule has 0 radical (unpaired) electrons. The molecule has 2 rings (SSSR count). The molecule has 8 heteroatoms. The molecular weight excluding hydrogens is 340 g/mol. The van der Waals surface area contributed by atoms with E-state index in [2.05, 4.69) is 5.32 Å². The lowest BCUT2D eigenvalue weighted by Gasteiger charge is -2.31. The number of hydrogen-bond donors (Lipinski definition) is 4. The van der Waals surface area contributed by atoms with Gasteiger partial charge in [-0.3, -0.25) is 9.59 Å². The number of amides is 2. The van der Waals surface area contributed by atoms with Crippen LogP contribution in [0.3, 0.4) is 0 Å². The van der Waals surface area contributed by atoms with E-state index in [9.17, 15) is 19.8 Å². The van der Waals surface area contributed by atoms with Gasteiger partial charge in [-0.15, -0.1) is 0 Å². The number of benzene rings is 1. The van der Waals surface area contributed by atoms with E-state index in [4.69, 9.17) is 15.2 Å². The van der Waals surface area contributed by atoms with E-state index in [1.54, 1.807) is 38.3 Å². The van der Waals surface area contributed by atoms with E-state index in [1.807, 2.05) is 0 Å². The second-order valence-corrected chi connectivity index (χ2v) is 6.05. The Morgan fingerprint density at radius 2 is 1.88 bits per heavy atom. The third-order valence-electron chi connectivity index (χ3n) is 4.21. The standard InChI is InChI=1S/C18H24N2O6/c1-3-13(17(19)23)20-18(24)10-8-14(21)16(22)15(9-10)26-12-6-4-11(25-2)5-7-12/h4-7,9,13-16,21-22H,3,8H2,1-2H3,(H2,19,23)(H,20,24)/t13-,14+,15+,16+/m0/s1. The minimum Gasteiger partial charge on any atom is -0.497 e. The monoisotopic (exact) mass is 364 g/mol. The van der Waals surface area contributed by atoms with Crippen molar-refractivity contribution in [1.29, 1.82) is 0 Å². The summed E-state index contributed by atoms with van der Waals surface area (Å²) in [5.41, 5.74) is 5.45. The summed E-state index contributed by atoms with van der Waals surface area (Å²) in [6.07, 6.45) is -1.52. The van der Waals surface area contributed by atoms with Gasteiger partial charge in [0.25, 0.3) is 0 Å². The maximum Gasteiger partial charge on any atom is 0.247 e. The average Bonchev–Trinajstić information content (AvgIpc) is 2.63. The van der Waals surface area contributed by atoms with Crippen LogP contribution in [0.5, 0.6) is 11.5 Å². The molecule has 0 unspecified atom stereocenters. The Hall–Kier alpha value is -2.58. The van der Waals surface area contributed by atoms with Gasteiger partial charge in [0.15, 0.2) is 0 Å². The summed E-state index contributed by atoms with van der Waals surface area (Å²) in [5.74, 6) is -0.0634. The molecule has 26 heavy (non-hydrogen) atoms. The molecule has 1 aliphatic rings. The van der Waals surface area contributed by atoms with Gasteiger partial charge in [-0.25, -0.2) is 0 Å². The molecule has 0 aliphatic heterocycles. The maximum absolute atomic E-state index is 12.4. The van der Waals surface area contributed by atoms with Crippen molar-refractivity contribution >= 4 is 11.8 Å². The number of ether oxygens (including phenoxy) is 2. The number of hydrogen-bond acceptors (Lipinski definition) is 6. The fourth-order valence-electron chi connectivity index (χ4n) is 2.64. The van der Waals surface area contributed by atoms with Gasteiger partial charge in [-0.2, -0.15) is 0 Å². The van der Waals surface area contributed by atoms with Crippen LogP contribution >= 0.6 is 0 Å². The van der Waals surface area contributed by atoms with Crippen LogP contribution in [-0.2, 0) is 9.59 Å². The van der Waals surface area contributed by atoms with Gasteiger partial charge < -0.3 is 30.7 Å². The lowest BCUT2D eigenvalue weighted by atomic mass is 9.91. The highest BCUT2D eigenvalue weighted by molar-refractivity contribution is 5.97. The van der Waals surface area contributed by atoms with Crippen molar-refractivity contribution in [3.8, 4) is 11.5 Å². The van der Waals surface area contributed by atoms with Gasteiger partial charge in [-0.05, 0) is 36.8 Å². The van der Waals surface area contributed by atoms with E-state index in [1.165, 1.54) is 6.08 Å². The van der Waals surface area contributed by atoms with Crippen LogP contribution in [0.2, 0.25) is 0 Å². The second-order valence-electron chi connectivity index (χ2n) is 6.05. The quantitative estimate of drug-likeness (QED) is 0.533. The molecule has 0 spiro atoms. The van der Waals surface area contributed by atoms with Crippen molar-refractivity contribution in [3.05, 3.63) is 35.9 Å². The lowest BCUT2D eigenvalue weighted by molar-refractivity contribution is -0.126. The van der Waals surface area contributed by atoms with Gasteiger partial charge in [0.1, 0.15) is 29.7 Å². The molecule has 0 bridgehead atoms. The predicted molar refractivity (Wildman–Crippen MR) is 93.5 cm³/mol. The average molecular weight is 364 g/mol. The summed E-state index contributed by atoms with van der Waals surface area (Å²) >= 11 is 0. The molecule has 0 aromatic heterocycles. The second kappa shape index (κ2) is 8.68. The summed E-state index contributed by atoms with van der Waals surface area (Å²) in [7, 11) is 1.54. The minimum atomic E-state index is -1.19. The molecule has 2 amide bonds. The van der Waals surface area contributed by atoms with Crippen molar-refractivity contribution < 1.29 is 29.3 Å². The first-order chi connectivity index (χ1) is 12.3. The Morgan fingerprint density at radius 1 is 1.27 bits per heavy atom. The third kappa shape index (κ3) is 4.74. The molecule has 0 saturated carbocycles. The van der Waals surface area contributed by atoms with Crippen LogP contribution in [0.4, 0.5) is 0 Å². The van der Waals surface area contributed by atoms with Gasteiger partial charge in [0.2, 0.25) is 11.8 Å². The number of carbonyl (C=O) groups excluding carboxylic acids is 2. The van der Waals surface area contributed by atoms with Crippen molar-refractivity contribution in [2.24, 2.45) is 5.73 Å². The number of aliphatic hydroxyl groups is 2. The Bertz CT molecular complexity index is 673. The zero-order valence-electron chi connectivity index (χ0n) is 14.7. The van der Waals surface area contributed by atoms with Gasteiger partial charge in [0.05, 0.1) is 13.2 Å².